The first-order valence-corrected chi connectivity index (χ1v) is 11.9. The molecule has 0 unspecified atom stereocenters. The molecule has 186 valence electrons. The van der Waals surface area contributed by atoms with E-state index in [-0.39, 0.29) is 35.0 Å². The van der Waals surface area contributed by atoms with Crippen molar-refractivity contribution in [2.24, 2.45) is 10.7 Å². The molecule has 1 aliphatic heterocycles. The van der Waals surface area contributed by atoms with Crippen LogP contribution in [-0.2, 0) is 14.4 Å². The van der Waals surface area contributed by atoms with Gasteiger partial charge in [-0.1, -0.05) is 19.3 Å². The molecule has 2 fully saturated rings. The van der Waals surface area contributed by atoms with Crippen LogP contribution < -0.4 is 21.3 Å². The summed E-state index contributed by atoms with van der Waals surface area (Å²) in [6.07, 6.45) is 6.59. The monoisotopic (exact) mass is 473 g/mol. The summed E-state index contributed by atoms with van der Waals surface area (Å²) in [6, 6.07) is 2.30. The Kier molecular flexibility index (Phi) is 8.49. The van der Waals surface area contributed by atoms with E-state index >= 15 is 0 Å². The fourth-order valence-corrected chi connectivity index (χ4v) is 4.90. The lowest BCUT2D eigenvalue weighted by Crippen LogP contribution is -2.43. The molecule has 0 bridgehead atoms. The van der Waals surface area contributed by atoms with E-state index in [1.165, 1.54) is 6.92 Å². The summed E-state index contributed by atoms with van der Waals surface area (Å²) in [5, 5.41) is 25.9. The second kappa shape index (κ2) is 11.3. The fraction of sp³-hybridized carbons (Fsp3) is 0.583. The molecule has 1 aliphatic carbocycles. The molecular formula is C24H35N5O5. The van der Waals surface area contributed by atoms with Crippen LogP contribution in [0.2, 0.25) is 0 Å². The summed E-state index contributed by atoms with van der Waals surface area (Å²) in [6.45, 7) is 1.63. The Balaban J connectivity index is 2.12. The topological polar surface area (TPSA) is 157 Å². The lowest BCUT2D eigenvalue weighted by Gasteiger charge is -2.33. The van der Waals surface area contributed by atoms with Crippen molar-refractivity contribution >= 4 is 29.3 Å². The van der Waals surface area contributed by atoms with Crippen molar-refractivity contribution in [3.8, 4) is 5.75 Å². The van der Waals surface area contributed by atoms with Crippen molar-refractivity contribution in [2.45, 2.75) is 69.9 Å². The molecule has 1 aromatic rings. The number of phenols is 1. The molecule has 1 saturated carbocycles. The highest BCUT2D eigenvalue weighted by molar-refractivity contribution is 6.11. The van der Waals surface area contributed by atoms with E-state index in [4.69, 9.17) is 10.8 Å². The molecule has 0 aromatic heterocycles. The summed E-state index contributed by atoms with van der Waals surface area (Å²) < 4.78 is 0. The van der Waals surface area contributed by atoms with E-state index in [0.29, 0.717) is 6.54 Å². The molecule has 6 N–H and O–H groups in total. The van der Waals surface area contributed by atoms with Crippen LogP contribution in [0, 0.1) is 0 Å². The Bertz CT molecular complexity index is 955. The van der Waals surface area contributed by atoms with Crippen molar-refractivity contribution in [3.63, 3.8) is 0 Å². The maximum atomic E-state index is 12.5. The second-order valence-corrected chi connectivity index (χ2v) is 9.03. The summed E-state index contributed by atoms with van der Waals surface area (Å²) in [4.78, 5) is 42.1. The van der Waals surface area contributed by atoms with Gasteiger partial charge in [0.1, 0.15) is 24.2 Å². The molecule has 2 aliphatic rings. The van der Waals surface area contributed by atoms with Gasteiger partial charge in [-0.05, 0) is 50.7 Å². The van der Waals surface area contributed by atoms with E-state index in [2.05, 4.69) is 15.6 Å². The summed E-state index contributed by atoms with van der Waals surface area (Å²) in [5.41, 5.74) is 7.45. The third-order valence-electron chi connectivity index (χ3n) is 6.60. The number of carbonyl (C=O) groups excluding carboxylic acids is 2. The Labute approximate surface area is 199 Å². The Morgan fingerprint density at radius 3 is 2.50 bits per heavy atom. The number of carbonyl (C=O) groups is 3. The van der Waals surface area contributed by atoms with Gasteiger partial charge in [-0.2, -0.15) is 0 Å². The minimum atomic E-state index is -1.17. The number of aromatic hydroxyl groups is 1. The van der Waals surface area contributed by atoms with Crippen LogP contribution >= 0.6 is 0 Å². The number of likely N-dealkylation sites (N-methyl/N-ethyl adjacent to an activating group) is 1. The molecule has 1 saturated heterocycles. The summed E-state index contributed by atoms with van der Waals surface area (Å²) in [7, 11) is 1.62. The molecule has 2 amide bonds. The smallest absolute Gasteiger partial charge is 0.325 e. The first kappa shape index (κ1) is 25.5. The number of hydrogen-bond donors (Lipinski definition) is 5. The van der Waals surface area contributed by atoms with Gasteiger partial charge in [-0.25, -0.2) is 0 Å². The summed E-state index contributed by atoms with van der Waals surface area (Å²) >= 11 is 0. The number of nitrogens with zero attached hydrogens (tertiary/aromatic N) is 2. The first-order chi connectivity index (χ1) is 16.2. The minimum absolute atomic E-state index is 0.0323. The Morgan fingerprint density at radius 2 is 1.88 bits per heavy atom. The second-order valence-electron chi connectivity index (χ2n) is 9.03. The third-order valence-corrected chi connectivity index (χ3v) is 6.60. The van der Waals surface area contributed by atoms with E-state index in [1.807, 2.05) is 11.0 Å². The first-order valence-electron chi connectivity index (χ1n) is 11.9. The number of benzene rings is 1. The van der Waals surface area contributed by atoms with Gasteiger partial charge in [-0.3, -0.25) is 19.4 Å². The molecule has 1 heterocycles. The van der Waals surface area contributed by atoms with Gasteiger partial charge in [-0.15, -0.1) is 0 Å². The number of carboxylic acid groups (broad SMARTS) is 1. The van der Waals surface area contributed by atoms with Gasteiger partial charge in [0.15, 0.2) is 0 Å². The average Bonchev–Trinajstić information content (AvgIpc) is 3.31. The zero-order valence-electron chi connectivity index (χ0n) is 19.8. The number of anilines is 1. The molecule has 1 aromatic carbocycles. The number of nitrogens with one attached hydrogen (secondary N) is 2. The predicted octanol–water partition coefficient (Wildman–Crippen LogP) is 1.45. The lowest BCUT2D eigenvalue weighted by molar-refractivity contribution is -0.135. The number of phenolic OH excluding ortho intramolecular Hbond substituents is 1. The maximum absolute atomic E-state index is 12.5. The average molecular weight is 474 g/mol. The van der Waals surface area contributed by atoms with Crippen LogP contribution in [0.4, 0.5) is 5.69 Å². The van der Waals surface area contributed by atoms with Gasteiger partial charge >= 0.3 is 5.97 Å². The Morgan fingerprint density at radius 1 is 1.18 bits per heavy atom. The van der Waals surface area contributed by atoms with Gasteiger partial charge in [0.25, 0.3) is 0 Å². The van der Waals surface area contributed by atoms with Crippen molar-refractivity contribution < 1.29 is 24.6 Å². The van der Waals surface area contributed by atoms with E-state index in [9.17, 15) is 19.5 Å². The zero-order valence-corrected chi connectivity index (χ0v) is 19.8. The van der Waals surface area contributed by atoms with Crippen LogP contribution in [0.25, 0.3) is 0 Å². The number of amidine groups is 1. The molecular weight excluding hydrogens is 438 g/mol. The number of hydrogen-bond acceptors (Lipinski definition) is 7. The molecule has 3 rings (SSSR count). The van der Waals surface area contributed by atoms with Crippen molar-refractivity contribution in [1.82, 2.24) is 10.6 Å². The highest BCUT2D eigenvalue weighted by Gasteiger charge is 2.35. The fourth-order valence-electron chi connectivity index (χ4n) is 4.90. The number of aliphatic carboxylic acids is 1. The normalized spacial score (nSPS) is 20.1. The van der Waals surface area contributed by atoms with E-state index < -0.39 is 24.5 Å². The zero-order chi connectivity index (χ0) is 24.8. The number of rotatable bonds is 7. The SMILES string of the molecule is CNC(=O)[C@@H]1CCCN1c1ccc(C(=NCC(=O)O)NC(=O)[C@H](C)N)c(O)c1C1CCCCC1. The molecule has 10 heteroatoms. The van der Waals surface area contributed by atoms with Crippen LogP contribution in [0.1, 0.15) is 68.9 Å². The number of aliphatic imine (C=N–C) groups is 1. The highest BCUT2D eigenvalue weighted by atomic mass is 16.4. The maximum Gasteiger partial charge on any atom is 0.325 e. The van der Waals surface area contributed by atoms with Crippen LogP contribution in [0.15, 0.2) is 17.1 Å². The summed E-state index contributed by atoms with van der Waals surface area (Å²) in [5.74, 6) is -1.76. The third kappa shape index (κ3) is 5.67. The number of nitrogens with two attached hydrogens (primary N) is 1. The largest absolute Gasteiger partial charge is 0.507 e. The standard InChI is InChI=1S/C24H35N5O5/c1-14(25)23(33)28-22(27-13-19(30)31)16-10-11-17(29-12-6-9-18(29)24(34)26-2)20(21(16)32)15-7-4-3-5-8-15/h10-11,14-15,18,32H,3-9,12-13,25H2,1-2H3,(H,26,34)(H,30,31)(H,27,28,33)/t14-,18-/m0/s1. The Hall–Kier alpha value is -3.14. The molecule has 2 atom stereocenters. The molecule has 34 heavy (non-hydrogen) atoms. The highest BCUT2D eigenvalue weighted by Crippen LogP contribution is 2.45. The number of amides is 2. The van der Waals surface area contributed by atoms with E-state index in [0.717, 1.165) is 56.2 Å². The molecule has 10 nitrogen and oxygen atoms in total. The van der Waals surface area contributed by atoms with Crippen LogP contribution in [0.5, 0.6) is 5.75 Å². The van der Waals surface area contributed by atoms with Crippen molar-refractivity contribution in [1.29, 1.82) is 0 Å². The van der Waals surface area contributed by atoms with Crippen LogP contribution in [-0.4, -0.2) is 66.1 Å². The van der Waals surface area contributed by atoms with Gasteiger partial charge in [0, 0.05) is 24.8 Å². The quantitative estimate of drug-likeness (QED) is 0.296. The van der Waals surface area contributed by atoms with Gasteiger partial charge < -0.3 is 31.5 Å². The number of carboxylic acids is 1. The lowest BCUT2D eigenvalue weighted by atomic mass is 9.81. The van der Waals surface area contributed by atoms with E-state index in [1.54, 1.807) is 13.1 Å². The van der Waals surface area contributed by atoms with Crippen molar-refractivity contribution in [3.05, 3.63) is 23.3 Å². The minimum Gasteiger partial charge on any atom is -0.507 e. The molecule has 0 spiro atoms. The molecule has 0 radical (unpaired) electrons. The van der Waals surface area contributed by atoms with Gasteiger partial charge in [0.2, 0.25) is 11.8 Å². The van der Waals surface area contributed by atoms with Crippen LogP contribution in [0.3, 0.4) is 0 Å². The van der Waals surface area contributed by atoms with Gasteiger partial charge in [0.05, 0.1) is 11.6 Å². The predicted molar refractivity (Wildman–Crippen MR) is 129 cm³/mol. The van der Waals surface area contributed by atoms with Crippen molar-refractivity contribution in [2.75, 3.05) is 25.0 Å².